The Bertz CT molecular complexity index is 1100. The first-order chi connectivity index (χ1) is 18.5. The third-order valence-corrected chi connectivity index (χ3v) is 7.84. The Hall–Kier alpha value is -3.27. The lowest BCUT2D eigenvalue weighted by atomic mass is 9.90. The Morgan fingerprint density at radius 3 is 2.13 bits per heavy atom. The molecule has 2 atom stereocenters. The molecule has 10 heteroatoms. The van der Waals surface area contributed by atoms with Crippen molar-refractivity contribution in [2.45, 2.75) is 51.6 Å². The minimum Gasteiger partial charge on any atom is -0.406 e. The molecule has 2 heterocycles. The highest BCUT2D eigenvalue weighted by atomic mass is 19.4. The van der Waals surface area contributed by atoms with Crippen LogP contribution in [0.3, 0.4) is 0 Å². The second-order valence-electron chi connectivity index (χ2n) is 10.8. The normalized spacial score (nSPS) is 20.2. The molecule has 2 aromatic rings. The monoisotopic (exact) mass is 546 g/mol. The van der Waals surface area contributed by atoms with E-state index in [1.165, 1.54) is 12.1 Å². The van der Waals surface area contributed by atoms with Gasteiger partial charge in [0, 0.05) is 45.2 Å². The fraction of sp³-hybridized carbons (Fsp3) is 0.517. The number of amides is 3. The van der Waals surface area contributed by atoms with Crippen molar-refractivity contribution in [3.63, 3.8) is 0 Å². The van der Waals surface area contributed by atoms with Crippen LogP contribution in [0.4, 0.5) is 18.0 Å². The van der Waals surface area contributed by atoms with Crippen LogP contribution in [0.1, 0.15) is 50.3 Å². The summed E-state index contributed by atoms with van der Waals surface area (Å²) in [6.07, 6.45) is -2.75. The molecule has 0 bridgehead atoms. The first-order valence-corrected chi connectivity index (χ1v) is 13.5. The summed E-state index contributed by atoms with van der Waals surface area (Å²) in [6, 6.07) is 15.3. The average Bonchev–Trinajstić information content (AvgIpc) is 2.90. The zero-order valence-corrected chi connectivity index (χ0v) is 22.4. The molecule has 2 N–H and O–H groups in total. The number of rotatable bonds is 7. The molecule has 0 saturated carbocycles. The maximum absolute atomic E-state index is 13.5. The van der Waals surface area contributed by atoms with E-state index in [1.807, 2.05) is 35.2 Å². The van der Waals surface area contributed by atoms with Gasteiger partial charge in [0.1, 0.15) is 5.75 Å². The summed E-state index contributed by atoms with van der Waals surface area (Å²) in [5, 5.41) is 0. The highest BCUT2D eigenvalue weighted by Gasteiger charge is 2.37. The number of urea groups is 1. The van der Waals surface area contributed by atoms with Crippen LogP contribution in [0.2, 0.25) is 0 Å². The number of piperidine rings is 1. The molecule has 2 saturated heterocycles. The number of primary amides is 1. The van der Waals surface area contributed by atoms with Gasteiger partial charge in [0.05, 0.1) is 6.04 Å². The van der Waals surface area contributed by atoms with E-state index in [2.05, 4.69) is 23.5 Å². The molecule has 0 spiro atoms. The molecule has 0 aromatic heterocycles. The van der Waals surface area contributed by atoms with Crippen molar-refractivity contribution < 1.29 is 27.5 Å². The maximum Gasteiger partial charge on any atom is 0.573 e. The van der Waals surface area contributed by atoms with E-state index in [0.29, 0.717) is 39.1 Å². The van der Waals surface area contributed by atoms with Crippen molar-refractivity contribution in [3.05, 3.63) is 65.7 Å². The maximum atomic E-state index is 13.5. The van der Waals surface area contributed by atoms with Crippen LogP contribution >= 0.6 is 0 Å². The quantitative estimate of drug-likeness (QED) is 0.529. The van der Waals surface area contributed by atoms with Crippen LogP contribution < -0.4 is 10.5 Å². The lowest BCUT2D eigenvalue weighted by Gasteiger charge is -2.47. The zero-order valence-electron chi connectivity index (χ0n) is 22.4. The van der Waals surface area contributed by atoms with Crippen LogP contribution in [-0.2, 0) is 4.79 Å². The van der Waals surface area contributed by atoms with Crippen LogP contribution in [0.25, 0.3) is 0 Å². The Balaban J connectivity index is 1.49. The molecule has 2 aliphatic heterocycles. The molecule has 2 aromatic carbocycles. The molecule has 2 unspecified atom stereocenters. The summed E-state index contributed by atoms with van der Waals surface area (Å²) in [6.45, 7) is 7.24. The Labute approximate surface area is 227 Å². The molecule has 39 heavy (non-hydrogen) atoms. The number of alkyl halides is 3. The second kappa shape index (κ2) is 12.3. The molecular weight excluding hydrogens is 509 g/mol. The minimum absolute atomic E-state index is 0.00370. The van der Waals surface area contributed by atoms with E-state index in [4.69, 9.17) is 5.73 Å². The van der Waals surface area contributed by atoms with Gasteiger partial charge in [-0.05, 0) is 47.9 Å². The van der Waals surface area contributed by atoms with Crippen LogP contribution in [0.5, 0.6) is 5.75 Å². The van der Waals surface area contributed by atoms with E-state index in [9.17, 15) is 22.8 Å². The number of nitrogens with zero attached hydrogens (tertiary/aromatic N) is 3. The third-order valence-electron chi connectivity index (χ3n) is 7.84. The first-order valence-electron chi connectivity index (χ1n) is 13.5. The standard InChI is InChI=1S/C29H37F3N4O3/c1-20(2)25-19-35(16-17-36(25)26(37)18-21-12-14-34(15-13-21)28(33)38)27(22-6-4-3-5-7-22)23-8-10-24(11-9-23)39-29(30,31)32/h3-11,20-21,25,27H,12-19H2,1-2H3,(H2,33,38). The van der Waals surface area contributed by atoms with Crippen LogP contribution in [0, 0.1) is 11.8 Å². The number of carbonyl (C=O) groups is 2. The topological polar surface area (TPSA) is 79.1 Å². The molecule has 7 nitrogen and oxygen atoms in total. The van der Waals surface area contributed by atoms with Gasteiger partial charge in [0.25, 0.3) is 0 Å². The Morgan fingerprint density at radius 1 is 0.949 bits per heavy atom. The average molecular weight is 547 g/mol. The van der Waals surface area contributed by atoms with Crippen molar-refractivity contribution in [1.82, 2.24) is 14.7 Å². The summed E-state index contributed by atoms with van der Waals surface area (Å²) in [5.41, 5.74) is 7.28. The second-order valence-corrected chi connectivity index (χ2v) is 10.8. The summed E-state index contributed by atoms with van der Waals surface area (Å²) < 4.78 is 42.1. The number of carbonyl (C=O) groups excluding carboxylic acids is 2. The summed E-state index contributed by atoms with van der Waals surface area (Å²) in [4.78, 5) is 30.8. The number of hydrogen-bond acceptors (Lipinski definition) is 4. The molecule has 2 fully saturated rings. The number of piperazine rings is 1. The predicted octanol–water partition coefficient (Wildman–Crippen LogP) is 5.02. The van der Waals surface area contributed by atoms with E-state index in [-0.39, 0.29) is 35.6 Å². The molecule has 4 rings (SSSR count). The van der Waals surface area contributed by atoms with E-state index < -0.39 is 12.4 Å². The van der Waals surface area contributed by atoms with Crippen molar-refractivity contribution in [2.24, 2.45) is 17.6 Å². The highest BCUT2D eigenvalue weighted by Crippen LogP contribution is 2.34. The minimum atomic E-state index is -4.74. The van der Waals surface area contributed by atoms with Gasteiger partial charge in [0.15, 0.2) is 0 Å². The smallest absolute Gasteiger partial charge is 0.406 e. The summed E-state index contributed by atoms with van der Waals surface area (Å²) >= 11 is 0. The van der Waals surface area contributed by atoms with Gasteiger partial charge in [-0.15, -0.1) is 13.2 Å². The largest absolute Gasteiger partial charge is 0.573 e. The molecule has 0 radical (unpaired) electrons. The van der Waals surface area contributed by atoms with E-state index in [1.54, 1.807) is 17.0 Å². The molecular formula is C29H37F3N4O3. The van der Waals surface area contributed by atoms with Gasteiger partial charge >= 0.3 is 12.4 Å². The fourth-order valence-corrected chi connectivity index (χ4v) is 5.77. The van der Waals surface area contributed by atoms with Crippen molar-refractivity contribution in [3.8, 4) is 5.75 Å². The number of likely N-dealkylation sites (tertiary alicyclic amines) is 1. The lowest BCUT2D eigenvalue weighted by Crippen LogP contribution is -2.58. The SMILES string of the molecule is CC(C)C1CN(C(c2ccccc2)c2ccc(OC(F)(F)F)cc2)CCN1C(=O)CC1CCN(C(N)=O)CC1. The van der Waals surface area contributed by atoms with Gasteiger partial charge < -0.3 is 20.3 Å². The van der Waals surface area contributed by atoms with Crippen molar-refractivity contribution in [2.75, 3.05) is 32.7 Å². The Morgan fingerprint density at radius 2 is 1.56 bits per heavy atom. The van der Waals surface area contributed by atoms with Gasteiger partial charge in [-0.1, -0.05) is 56.3 Å². The number of hydrogen-bond donors (Lipinski definition) is 1. The summed E-state index contributed by atoms with van der Waals surface area (Å²) in [5.74, 6) is 0.326. The van der Waals surface area contributed by atoms with Crippen LogP contribution in [0.15, 0.2) is 54.6 Å². The lowest BCUT2D eigenvalue weighted by molar-refractivity contribution is -0.274. The van der Waals surface area contributed by atoms with Crippen molar-refractivity contribution >= 4 is 11.9 Å². The van der Waals surface area contributed by atoms with Gasteiger partial charge in [-0.2, -0.15) is 0 Å². The first kappa shape index (κ1) is 28.7. The zero-order chi connectivity index (χ0) is 28.2. The van der Waals surface area contributed by atoms with Crippen LogP contribution in [-0.4, -0.2) is 71.8 Å². The fourth-order valence-electron chi connectivity index (χ4n) is 5.77. The van der Waals surface area contributed by atoms with Crippen molar-refractivity contribution in [1.29, 1.82) is 0 Å². The molecule has 2 aliphatic rings. The highest BCUT2D eigenvalue weighted by molar-refractivity contribution is 5.77. The van der Waals surface area contributed by atoms with E-state index in [0.717, 1.165) is 24.0 Å². The van der Waals surface area contributed by atoms with Gasteiger partial charge in [-0.25, -0.2) is 4.79 Å². The molecule has 212 valence electrons. The van der Waals surface area contributed by atoms with Gasteiger partial charge in [-0.3, -0.25) is 9.69 Å². The van der Waals surface area contributed by atoms with Gasteiger partial charge in [0.2, 0.25) is 5.91 Å². The van der Waals surface area contributed by atoms with E-state index >= 15 is 0 Å². The Kier molecular flexibility index (Phi) is 9.04. The number of halogens is 3. The number of nitrogens with two attached hydrogens (primary N) is 1. The number of benzene rings is 2. The molecule has 0 aliphatic carbocycles. The summed E-state index contributed by atoms with van der Waals surface area (Å²) in [7, 11) is 0. The number of ether oxygens (including phenoxy) is 1. The third kappa shape index (κ3) is 7.44. The molecule has 3 amide bonds. The predicted molar refractivity (Wildman–Crippen MR) is 142 cm³/mol.